The third-order valence-corrected chi connectivity index (χ3v) is 9.58. The molecule has 0 aliphatic heterocycles. The number of unbranched alkanes of at least 4 members (excludes halogenated alkanes) is 20. The highest BCUT2D eigenvalue weighted by molar-refractivity contribution is 5.71. The maximum absolute atomic E-state index is 12.6. The van der Waals surface area contributed by atoms with Crippen molar-refractivity contribution < 1.29 is 28.6 Å². The highest BCUT2D eigenvalue weighted by Gasteiger charge is 2.19. The Hall–Kier alpha value is -1.59. The second kappa shape index (κ2) is 35.2. The molecule has 0 rings (SSSR count). The molecule has 0 fully saturated rings. The number of hydrogen-bond donors (Lipinski definition) is 0. The molecule has 0 spiro atoms. The SMILES string of the molecule is CCCCCCCCCCCCCC(=O)O[C@H](COC(=O)CCCCCCCCC(C)C)COC(=O)CCCCCCCCC(C)CC. The first-order chi connectivity index (χ1) is 23.3. The van der Waals surface area contributed by atoms with Gasteiger partial charge < -0.3 is 14.2 Å². The van der Waals surface area contributed by atoms with Crippen LogP contribution in [0.25, 0.3) is 0 Å². The monoisotopic (exact) mass is 681 g/mol. The minimum atomic E-state index is -0.760. The van der Waals surface area contributed by atoms with E-state index >= 15 is 0 Å². The van der Waals surface area contributed by atoms with Crippen LogP contribution in [0.5, 0.6) is 0 Å². The Morgan fingerprint density at radius 2 is 0.792 bits per heavy atom. The maximum Gasteiger partial charge on any atom is 0.306 e. The Morgan fingerprint density at radius 3 is 1.19 bits per heavy atom. The average molecular weight is 681 g/mol. The van der Waals surface area contributed by atoms with Crippen molar-refractivity contribution in [1.29, 1.82) is 0 Å². The average Bonchev–Trinajstić information content (AvgIpc) is 3.06. The van der Waals surface area contributed by atoms with Gasteiger partial charge in [0.1, 0.15) is 13.2 Å². The third kappa shape index (κ3) is 34.3. The van der Waals surface area contributed by atoms with Gasteiger partial charge in [-0.2, -0.15) is 0 Å². The molecule has 0 N–H and O–H groups in total. The van der Waals surface area contributed by atoms with E-state index in [0.717, 1.165) is 69.6 Å². The number of carbonyl (C=O) groups excluding carboxylic acids is 3. The van der Waals surface area contributed by atoms with Crippen LogP contribution in [0, 0.1) is 11.8 Å². The van der Waals surface area contributed by atoms with Gasteiger partial charge in [0.15, 0.2) is 6.10 Å². The van der Waals surface area contributed by atoms with E-state index in [2.05, 4.69) is 34.6 Å². The molecule has 0 aromatic rings. The lowest BCUT2D eigenvalue weighted by Crippen LogP contribution is -2.30. The lowest BCUT2D eigenvalue weighted by molar-refractivity contribution is -0.167. The molecule has 0 aromatic carbocycles. The molecule has 284 valence electrons. The van der Waals surface area contributed by atoms with Crippen molar-refractivity contribution >= 4 is 17.9 Å². The highest BCUT2D eigenvalue weighted by Crippen LogP contribution is 2.16. The molecule has 0 aromatic heterocycles. The molecule has 0 bridgehead atoms. The molecule has 0 aliphatic carbocycles. The molecule has 6 nitrogen and oxygen atoms in total. The van der Waals surface area contributed by atoms with Crippen molar-refractivity contribution in [2.24, 2.45) is 11.8 Å². The molecule has 0 saturated heterocycles. The fraction of sp³-hybridized carbons (Fsp3) is 0.929. The Kier molecular flexibility index (Phi) is 34.1. The van der Waals surface area contributed by atoms with E-state index in [-0.39, 0.29) is 31.1 Å². The van der Waals surface area contributed by atoms with Crippen LogP contribution < -0.4 is 0 Å². The van der Waals surface area contributed by atoms with E-state index in [4.69, 9.17) is 14.2 Å². The standard InChI is InChI=1S/C42H80O6/c1-6-8-9-10-11-12-13-14-15-24-29-34-42(45)48-39(35-46-40(43)32-27-22-18-16-20-25-30-37(3)4)36-47-41(44)33-28-23-19-17-21-26-31-38(5)7-2/h37-39H,6-36H2,1-5H3/t38?,39-/m1/s1. The number of rotatable bonds is 36. The summed E-state index contributed by atoms with van der Waals surface area (Å²) in [5, 5.41) is 0. The minimum Gasteiger partial charge on any atom is -0.462 e. The van der Waals surface area contributed by atoms with Crippen molar-refractivity contribution in [3.8, 4) is 0 Å². The Labute approximate surface area is 298 Å². The smallest absolute Gasteiger partial charge is 0.306 e. The van der Waals surface area contributed by atoms with Crippen LogP contribution in [0.3, 0.4) is 0 Å². The Balaban J connectivity index is 4.37. The molecular formula is C42H80O6. The van der Waals surface area contributed by atoms with Crippen molar-refractivity contribution in [3.63, 3.8) is 0 Å². The van der Waals surface area contributed by atoms with Crippen molar-refractivity contribution in [3.05, 3.63) is 0 Å². The maximum atomic E-state index is 12.6. The van der Waals surface area contributed by atoms with Crippen LogP contribution in [0.1, 0.15) is 221 Å². The van der Waals surface area contributed by atoms with Crippen molar-refractivity contribution in [2.45, 2.75) is 227 Å². The summed E-state index contributed by atoms with van der Waals surface area (Å²) < 4.78 is 16.6. The highest BCUT2D eigenvalue weighted by atomic mass is 16.6. The summed E-state index contributed by atoms with van der Waals surface area (Å²) >= 11 is 0. The molecule has 0 aliphatic rings. The van der Waals surface area contributed by atoms with Crippen LogP contribution in [0.2, 0.25) is 0 Å². The first kappa shape index (κ1) is 46.4. The lowest BCUT2D eigenvalue weighted by atomic mass is 10.00. The van der Waals surface area contributed by atoms with Gasteiger partial charge >= 0.3 is 17.9 Å². The van der Waals surface area contributed by atoms with E-state index in [9.17, 15) is 14.4 Å². The van der Waals surface area contributed by atoms with Gasteiger partial charge in [-0.3, -0.25) is 14.4 Å². The molecule has 0 radical (unpaired) electrons. The second-order valence-electron chi connectivity index (χ2n) is 15.0. The zero-order chi connectivity index (χ0) is 35.5. The number of hydrogen-bond acceptors (Lipinski definition) is 6. The van der Waals surface area contributed by atoms with Gasteiger partial charge in [-0.1, -0.05) is 182 Å². The molecule has 0 saturated carbocycles. The van der Waals surface area contributed by atoms with Gasteiger partial charge in [-0.15, -0.1) is 0 Å². The normalized spacial score (nSPS) is 12.6. The van der Waals surface area contributed by atoms with Crippen molar-refractivity contribution in [2.75, 3.05) is 13.2 Å². The summed E-state index contributed by atoms with van der Waals surface area (Å²) in [5.74, 6) is 0.707. The number of carbonyl (C=O) groups is 3. The van der Waals surface area contributed by atoms with Gasteiger partial charge in [0.2, 0.25) is 0 Å². The Bertz CT molecular complexity index is 736. The fourth-order valence-corrected chi connectivity index (χ4v) is 6.01. The van der Waals surface area contributed by atoms with E-state index in [1.807, 2.05) is 0 Å². The minimum absolute atomic E-state index is 0.0674. The number of ether oxygens (including phenoxy) is 3. The summed E-state index contributed by atoms with van der Waals surface area (Å²) in [5.41, 5.74) is 0. The van der Waals surface area contributed by atoms with Crippen LogP contribution >= 0.6 is 0 Å². The lowest BCUT2D eigenvalue weighted by Gasteiger charge is -2.18. The van der Waals surface area contributed by atoms with Crippen LogP contribution in [-0.4, -0.2) is 37.2 Å². The molecule has 0 heterocycles. The Morgan fingerprint density at radius 1 is 0.438 bits per heavy atom. The summed E-state index contributed by atoms with van der Waals surface area (Å²) in [6.45, 7) is 11.2. The summed E-state index contributed by atoms with van der Waals surface area (Å²) in [6.07, 6.45) is 31.0. The predicted molar refractivity (Wildman–Crippen MR) is 201 cm³/mol. The molecule has 48 heavy (non-hydrogen) atoms. The van der Waals surface area contributed by atoms with Crippen LogP contribution in [0.4, 0.5) is 0 Å². The first-order valence-corrected chi connectivity index (χ1v) is 20.8. The summed E-state index contributed by atoms with van der Waals surface area (Å²) in [7, 11) is 0. The summed E-state index contributed by atoms with van der Waals surface area (Å²) in [6, 6.07) is 0. The molecule has 2 atom stereocenters. The zero-order valence-electron chi connectivity index (χ0n) is 32.6. The fourth-order valence-electron chi connectivity index (χ4n) is 6.01. The van der Waals surface area contributed by atoms with Gasteiger partial charge in [0.25, 0.3) is 0 Å². The van der Waals surface area contributed by atoms with Crippen LogP contribution in [0.15, 0.2) is 0 Å². The van der Waals surface area contributed by atoms with Crippen LogP contribution in [-0.2, 0) is 28.6 Å². The molecule has 0 amide bonds. The summed E-state index contributed by atoms with van der Waals surface area (Å²) in [4.78, 5) is 37.5. The number of esters is 3. The molecule has 6 heteroatoms. The van der Waals surface area contributed by atoms with Gasteiger partial charge in [0.05, 0.1) is 0 Å². The zero-order valence-corrected chi connectivity index (χ0v) is 32.6. The molecular weight excluding hydrogens is 600 g/mol. The van der Waals surface area contributed by atoms with E-state index in [1.165, 1.54) is 109 Å². The topological polar surface area (TPSA) is 78.9 Å². The largest absolute Gasteiger partial charge is 0.462 e. The van der Waals surface area contributed by atoms with Crippen molar-refractivity contribution in [1.82, 2.24) is 0 Å². The third-order valence-electron chi connectivity index (χ3n) is 9.58. The van der Waals surface area contributed by atoms with Gasteiger partial charge in [-0.05, 0) is 31.1 Å². The predicted octanol–water partition coefficient (Wildman–Crippen LogP) is 12.6. The van der Waals surface area contributed by atoms with E-state index in [1.54, 1.807) is 0 Å². The van der Waals surface area contributed by atoms with Gasteiger partial charge in [-0.25, -0.2) is 0 Å². The van der Waals surface area contributed by atoms with E-state index < -0.39 is 6.10 Å². The molecule has 1 unspecified atom stereocenters. The first-order valence-electron chi connectivity index (χ1n) is 20.8. The quantitative estimate of drug-likeness (QED) is 0.0372. The van der Waals surface area contributed by atoms with E-state index in [0.29, 0.717) is 19.3 Å². The second-order valence-corrected chi connectivity index (χ2v) is 15.0. The van der Waals surface area contributed by atoms with Gasteiger partial charge in [0, 0.05) is 19.3 Å².